The van der Waals surface area contributed by atoms with Crippen LogP contribution < -0.4 is 21.3 Å². The normalized spacial score (nSPS) is 22.2. The fraction of sp³-hybridized carbons (Fsp3) is 0.500. The number of hydrogen-bond acceptors (Lipinski definition) is 9. The molecule has 0 radical (unpaired) electrons. The van der Waals surface area contributed by atoms with Crippen LogP contribution in [0.2, 0.25) is 0 Å². The first kappa shape index (κ1) is 22.9. The zero-order valence-corrected chi connectivity index (χ0v) is 20.8. The van der Waals surface area contributed by atoms with Gasteiger partial charge in [0.25, 0.3) is 5.91 Å². The number of carbonyl (C=O) groups is 1. The number of pyridine rings is 1. The summed E-state index contributed by atoms with van der Waals surface area (Å²) in [6.45, 7) is 5.45. The smallest absolute Gasteiger partial charge is 0.263 e. The topological polar surface area (TPSA) is 118 Å². The Morgan fingerprint density at radius 3 is 2.79 bits per heavy atom. The second-order valence-corrected chi connectivity index (χ2v) is 10.1. The van der Waals surface area contributed by atoms with E-state index in [1.54, 1.807) is 7.11 Å². The van der Waals surface area contributed by atoms with E-state index in [2.05, 4.69) is 37.6 Å². The zero-order valence-electron chi connectivity index (χ0n) is 20.0. The van der Waals surface area contributed by atoms with Crippen LogP contribution in [0.15, 0.2) is 12.1 Å². The molecule has 4 heterocycles. The molecule has 10 heteroatoms. The first-order chi connectivity index (χ1) is 16.4. The molecular weight excluding hydrogens is 450 g/mol. The van der Waals surface area contributed by atoms with E-state index in [1.807, 2.05) is 20.9 Å². The molecule has 1 amide bonds. The molecule has 0 aromatic carbocycles. The van der Waals surface area contributed by atoms with Crippen molar-refractivity contribution in [1.82, 2.24) is 25.6 Å². The van der Waals surface area contributed by atoms with E-state index in [4.69, 9.17) is 15.5 Å². The molecule has 3 aromatic rings. The van der Waals surface area contributed by atoms with E-state index >= 15 is 0 Å². The molecule has 1 fully saturated rings. The number of carbonyl (C=O) groups excluding carboxylic acids is 1. The maximum atomic E-state index is 13.1. The Bertz CT molecular complexity index is 1230. The molecule has 2 aliphatic rings. The van der Waals surface area contributed by atoms with Gasteiger partial charge < -0.3 is 26.0 Å². The fourth-order valence-corrected chi connectivity index (χ4v) is 6.22. The average Bonchev–Trinajstić information content (AvgIpc) is 3.39. The SMILES string of the molecule is CNC1CN(c2ccc3c(n2)CCC(NC(=O)c2sc4nc(C)nc(C)c4c2N)C3)CC1OC. The molecule has 1 saturated heterocycles. The minimum Gasteiger partial charge on any atom is -0.397 e. The lowest BCUT2D eigenvalue weighted by atomic mass is 9.91. The summed E-state index contributed by atoms with van der Waals surface area (Å²) < 4.78 is 5.62. The van der Waals surface area contributed by atoms with Crippen LogP contribution in [0.25, 0.3) is 10.2 Å². The van der Waals surface area contributed by atoms with Crippen molar-refractivity contribution in [3.8, 4) is 0 Å². The Morgan fingerprint density at radius 2 is 2.06 bits per heavy atom. The van der Waals surface area contributed by atoms with Crippen LogP contribution in [-0.2, 0) is 17.6 Å². The number of rotatable bonds is 5. The number of nitrogens with two attached hydrogens (primary N) is 1. The first-order valence-corrected chi connectivity index (χ1v) is 12.5. The van der Waals surface area contributed by atoms with E-state index in [0.717, 1.165) is 59.8 Å². The molecule has 5 rings (SSSR count). The van der Waals surface area contributed by atoms with Crippen LogP contribution in [0, 0.1) is 13.8 Å². The highest BCUT2D eigenvalue weighted by atomic mass is 32.1. The van der Waals surface area contributed by atoms with Gasteiger partial charge in [-0.25, -0.2) is 15.0 Å². The van der Waals surface area contributed by atoms with Crippen molar-refractivity contribution in [2.24, 2.45) is 0 Å². The number of amides is 1. The predicted octanol–water partition coefficient (Wildman–Crippen LogP) is 2.00. The van der Waals surface area contributed by atoms with Crippen LogP contribution in [0.3, 0.4) is 0 Å². The Balaban J connectivity index is 1.28. The van der Waals surface area contributed by atoms with Crippen LogP contribution in [0.5, 0.6) is 0 Å². The summed E-state index contributed by atoms with van der Waals surface area (Å²) in [5.74, 6) is 1.53. The van der Waals surface area contributed by atoms with E-state index in [9.17, 15) is 4.79 Å². The third kappa shape index (κ3) is 4.10. The molecule has 3 aromatic heterocycles. The number of nitrogens with one attached hydrogen (secondary N) is 2. The highest BCUT2D eigenvalue weighted by Crippen LogP contribution is 2.34. The average molecular weight is 482 g/mol. The Kier molecular flexibility index (Phi) is 6.13. The van der Waals surface area contributed by atoms with Gasteiger partial charge in [-0.1, -0.05) is 6.07 Å². The summed E-state index contributed by atoms with van der Waals surface area (Å²) in [5.41, 5.74) is 9.91. The Hall–Kier alpha value is -2.82. The maximum absolute atomic E-state index is 13.1. The van der Waals surface area contributed by atoms with E-state index < -0.39 is 0 Å². The van der Waals surface area contributed by atoms with E-state index in [1.165, 1.54) is 16.9 Å². The number of likely N-dealkylation sites (N-methyl/N-ethyl adjacent to an activating group) is 1. The van der Waals surface area contributed by atoms with Gasteiger partial charge in [0.15, 0.2) is 0 Å². The molecule has 3 unspecified atom stereocenters. The first-order valence-electron chi connectivity index (χ1n) is 11.7. The van der Waals surface area contributed by atoms with Gasteiger partial charge in [0.1, 0.15) is 21.3 Å². The summed E-state index contributed by atoms with van der Waals surface area (Å²) in [6.07, 6.45) is 2.59. The summed E-state index contributed by atoms with van der Waals surface area (Å²) in [7, 11) is 3.73. The number of nitrogens with zero attached hydrogens (tertiary/aromatic N) is 4. The van der Waals surface area contributed by atoms with Crippen molar-refractivity contribution in [3.05, 3.63) is 39.8 Å². The molecule has 34 heavy (non-hydrogen) atoms. The highest BCUT2D eigenvalue weighted by Gasteiger charge is 2.33. The van der Waals surface area contributed by atoms with Crippen LogP contribution in [-0.4, -0.2) is 66.3 Å². The fourth-order valence-electron chi connectivity index (χ4n) is 5.13. The molecule has 1 aliphatic heterocycles. The van der Waals surface area contributed by atoms with Gasteiger partial charge in [-0.2, -0.15) is 0 Å². The maximum Gasteiger partial charge on any atom is 0.263 e. The predicted molar refractivity (Wildman–Crippen MR) is 135 cm³/mol. The second-order valence-electron chi connectivity index (χ2n) is 9.14. The molecule has 0 spiro atoms. The van der Waals surface area contributed by atoms with Gasteiger partial charge in [-0.15, -0.1) is 11.3 Å². The number of ether oxygens (including phenoxy) is 1. The van der Waals surface area contributed by atoms with Crippen molar-refractivity contribution >= 4 is 39.0 Å². The van der Waals surface area contributed by atoms with Crippen molar-refractivity contribution in [2.45, 2.75) is 51.3 Å². The van der Waals surface area contributed by atoms with Crippen LogP contribution in [0.4, 0.5) is 11.5 Å². The zero-order chi connectivity index (χ0) is 24.0. The lowest BCUT2D eigenvalue weighted by Gasteiger charge is -2.26. The van der Waals surface area contributed by atoms with Gasteiger partial charge in [-0.3, -0.25) is 4.79 Å². The third-order valence-corrected chi connectivity index (χ3v) is 8.03. The van der Waals surface area contributed by atoms with E-state index in [-0.39, 0.29) is 18.1 Å². The van der Waals surface area contributed by atoms with Crippen molar-refractivity contribution in [1.29, 1.82) is 0 Å². The van der Waals surface area contributed by atoms with Gasteiger partial charge in [0, 0.05) is 31.9 Å². The standard InChI is InChI=1S/C24H31N7O2S/c1-12-20-21(25)22(34-24(20)28-13(2)27-12)23(32)29-15-6-7-16-14(9-15)5-8-19(30-16)31-10-17(26-3)18(11-31)33-4/h5,8,15,17-18,26H,6-7,9-11,25H2,1-4H3,(H,29,32). The van der Waals surface area contributed by atoms with Crippen molar-refractivity contribution in [2.75, 3.05) is 37.9 Å². The van der Waals surface area contributed by atoms with Crippen molar-refractivity contribution in [3.63, 3.8) is 0 Å². The van der Waals surface area contributed by atoms with Crippen molar-refractivity contribution < 1.29 is 9.53 Å². The lowest BCUT2D eigenvalue weighted by molar-refractivity contribution is 0.0938. The number of thiophene rings is 1. The quantitative estimate of drug-likeness (QED) is 0.506. The molecule has 3 atom stereocenters. The molecule has 9 nitrogen and oxygen atoms in total. The highest BCUT2D eigenvalue weighted by molar-refractivity contribution is 7.21. The lowest BCUT2D eigenvalue weighted by Crippen LogP contribution is -2.39. The van der Waals surface area contributed by atoms with Crippen LogP contribution in [0.1, 0.15) is 38.9 Å². The number of hydrogen-bond donors (Lipinski definition) is 3. The number of fused-ring (bicyclic) bond motifs is 2. The van der Waals surface area contributed by atoms with Crippen LogP contribution >= 0.6 is 11.3 Å². The molecule has 1 aliphatic carbocycles. The summed E-state index contributed by atoms with van der Waals surface area (Å²) >= 11 is 1.33. The minimum absolute atomic E-state index is 0.0458. The molecule has 0 bridgehead atoms. The van der Waals surface area contributed by atoms with E-state index in [0.29, 0.717) is 22.4 Å². The second kappa shape index (κ2) is 9.09. The molecular formula is C24H31N7O2S. The minimum atomic E-state index is -0.142. The van der Waals surface area contributed by atoms with Gasteiger partial charge in [-0.05, 0) is 51.8 Å². The summed E-state index contributed by atoms with van der Waals surface area (Å²) in [6, 6.07) is 4.58. The number of nitrogen functional groups attached to an aromatic ring is 1. The number of methoxy groups -OCH3 is 1. The number of aromatic nitrogens is 3. The van der Waals surface area contributed by atoms with Gasteiger partial charge >= 0.3 is 0 Å². The largest absolute Gasteiger partial charge is 0.397 e. The number of anilines is 2. The molecule has 180 valence electrons. The monoisotopic (exact) mass is 481 g/mol. The molecule has 4 N–H and O–H groups in total. The van der Waals surface area contributed by atoms with Gasteiger partial charge in [0.05, 0.1) is 28.9 Å². The summed E-state index contributed by atoms with van der Waals surface area (Å²) in [4.78, 5) is 30.5. The summed E-state index contributed by atoms with van der Waals surface area (Å²) in [5, 5.41) is 7.30. The third-order valence-electron chi connectivity index (χ3n) is 6.94. The van der Waals surface area contributed by atoms with Gasteiger partial charge in [0.2, 0.25) is 0 Å². The number of aryl methyl sites for hydroxylation is 3. The Labute approximate surface area is 203 Å². The molecule has 0 saturated carbocycles. The Morgan fingerprint density at radius 1 is 1.24 bits per heavy atom.